The molecule has 0 spiro atoms. The molecule has 5 heteroatoms. The van der Waals surface area contributed by atoms with Crippen LogP contribution in [0, 0.1) is 0 Å². The zero-order chi connectivity index (χ0) is 25.3. The number of allylic oxidation sites excluding steroid dienone is 5. The Bertz CT molecular complexity index is 1410. The molecule has 2 aromatic rings. The fourth-order valence-electron chi connectivity index (χ4n) is 5.80. The Labute approximate surface area is 216 Å². The van der Waals surface area contributed by atoms with Crippen molar-refractivity contribution in [2.75, 3.05) is 18.5 Å². The number of nitrogens with zero attached hydrogens (tertiary/aromatic N) is 2. The van der Waals surface area contributed by atoms with Crippen molar-refractivity contribution in [1.29, 1.82) is 0 Å². The van der Waals surface area contributed by atoms with E-state index in [9.17, 15) is 9.90 Å². The summed E-state index contributed by atoms with van der Waals surface area (Å²) in [5.41, 5.74) is 6.58. The van der Waals surface area contributed by atoms with Gasteiger partial charge in [0.05, 0.1) is 5.41 Å². The predicted molar refractivity (Wildman–Crippen MR) is 143 cm³/mol. The number of carbonyl (C=O) groups is 1. The summed E-state index contributed by atoms with van der Waals surface area (Å²) in [6.45, 7) is 11.6. The number of ketones is 1. The van der Waals surface area contributed by atoms with Crippen LogP contribution in [0.2, 0.25) is 0 Å². The second kappa shape index (κ2) is 8.06. The van der Waals surface area contributed by atoms with Gasteiger partial charge in [0.15, 0.2) is 11.5 Å². The van der Waals surface area contributed by atoms with E-state index in [4.69, 9.17) is 0 Å². The minimum Gasteiger partial charge on any atom is -0.871 e. The highest BCUT2D eigenvalue weighted by Crippen LogP contribution is 2.49. The third-order valence-corrected chi connectivity index (χ3v) is 8.28. The molecule has 0 amide bonds. The van der Waals surface area contributed by atoms with Crippen molar-refractivity contribution in [1.82, 2.24) is 0 Å². The minimum atomic E-state index is -0.317. The van der Waals surface area contributed by atoms with E-state index < -0.39 is 0 Å². The van der Waals surface area contributed by atoms with Gasteiger partial charge >= 0.3 is 0 Å². The summed E-state index contributed by atoms with van der Waals surface area (Å²) in [5, 5.41) is 13.3. The minimum absolute atomic E-state index is 0.167. The number of hydrogen-bond donors (Lipinski definition) is 0. The number of Topliss-reactive ketones (excluding diaryl/α,β-unsaturated/α-hetero) is 1. The molecule has 180 valence electrons. The largest absolute Gasteiger partial charge is 0.871 e. The molecule has 4 nitrogen and oxygen atoms in total. The molecule has 2 aliphatic heterocycles. The van der Waals surface area contributed by atoms with Crippen molar-refractivity contribution in [3.8, 4) is 0 Å². The fourth-order valence-corrected chi connectivity index (χ4v) is 6.16. The van der Waals surface area contributed by atoms with Crippen molar-refractivity contribution in [3.05, 3.63) is 92.8 Å². The van der Waals surface area contributed by atoms with Crippen LogP contribution >= 0.6 is 15.9 Å². The monoisotopic (exact) mass is 530 g/mol. The van der Waals surface area contributed by atoms with Crippen molar-refractivity contribution in [3.63, 3.8) is 0 Å². The Morgan fingerprint density at radius 2 is 1.74 bits per heavy atom. The molecule has 1 aliphatic carbocycles. The average Bonchev–Trinajstić information content (AvgIpc) is 3.14. The molecule has 5 rings (SSSR count). The zero-order valence-electron chi connectivity index (χ0n) is 21.2. The molecule has 35 heavy (non-hydrogen) atoms. The second-order valence-electron chi connectivity index (χ2n) is 10.7. The van der Waals surface area contributed by atoms with Crippen LogP contribution in [-0.2, 0) is 15.6 Å². The van der Waals surface area contributed by atoms with Crippen LogP contribution in [0.3, 0.4) is 0 Å². The molecule has 0 aromatic heterocycles. The van der Waals surface area contributed by atoms with E-state index in [0.717, 1.165) is 40.2 Å². The summed E-state index contributed by atoms with van der Waals surface area (Å²) in [7, 11) is 2.00. The molecule has 0 unspecified atom stereocenters. The molecule has 3 aliphatic rings. The van der Waals surface area contributed by atoms with Crippen LogP contribution in [0.4, 0.5) is 11.4 Å². The van der Waals surface area contributed by atoms with Gasteiger partial charge in [0, 0.05) is 56.7 Å². The topological polar surface area (TPSA) is 46.4 Å². The zero-order valence-corrected chi connectivity index (χ0v) is 22.8. The van der Waals surface area contributed by atoms with Crippen LogP contribution in [0.1, 0.15) is 52.2 Å². The third-order valence-electron chi connectivity index (χ3n) is 7.78. The van der Waals surface area contributed by atoms with Gasteiger partial charge in [0.2, 0.25) is 5.69 Å². The molecule has 2 aromatic carbocycles. The lowest BCUT2D eigenvalue weighted by atomic mass is 9.77. The number of benzene rings is 2. The lowest BCUT2D eigenvalue weighted by molar-refractivity contribution is -0.401. The Morgan fingerprint density at radius 1 is 1.03 bits per heavy atom. The maximum atomic E-state index is 13.3. The number of carbonyl (C=O) groups excluding carboxylic acids is 1. The number of anilines is 1. The number of hydrogen-bond acceptors (Lipinski definition) is 3. The van der Waals surface area contributed by atoms with E-state index >= 15 is 0 Å². The molecule has 0 atom stereocenters. The first-order valence-electron chi connectivity index (χ1n) is 12.2. The van der Waals surface area contributed by atoms with Gasteiger partial charge in [-0.15, -0.1) is 0 Å². The highest BCUT2D eigenvalue weighted by Gasteiger charge is 2.45. The van der Waals surface area contributed by atoms with E-state index in [2.05, 4.69) is 90.4 Å². The van der Waals surface area contributed by atoms with Crippen molar-refractivity contribution in [2.24, 2.45) is 0 Å². The molecule has 0 fully saturated rings. The van der Waals surface area contributed by atoms with Crippen molar-refractivity contribution < 1.29 is 14.5 Å². The van der Waals surface area contributed by atoms with Crippen molar-refractivity contribution >= 4 is 38.8 Å². The Morgan fingerprint density at radius 3 is 2.43 bits per heavy atom. The maximum absolute atomic E-state index is 13.3. The molecule has 2 heterocycles. The average molecular weight is 531 g/mol. The Hall–Kier alpha value is -2.92. The lowest BCUT2D eigenvalue weighted by Crippen LogP contribution is -2.34. The Kier molecular flexibility index (Phi) is 5.48. The van der Waals surface area contributed by atoms with Crippen molar-refractivity contribution in [2.45, 2.75) is 51.9 Å². The molecular weight excluding hydrogens is 500 g/mol. The number of halogens is 1. The molecule has 0 saturated carbocycles. The number of rotatable bonds is 4. The first-order valence-corrected chi connectivity index (χ1v) is 13.0. The molecule has 0 bridgehead atoms. The summed E-state index contributed by atoms with van der Waals surface area (Å²) in [6, 6.07) is 14.6. The third kappa shape index (κ3) is 3.39. The summed E-state index contributed by atoms with van der Waals surface area (Å²) >= 11 is 3.57. The standard InChI is InChI=1S/C30H31BrN2O2/c1-7-14-33-24-11-9-8-10-21(24)29(2,3)26(33)17-20-27(34)19(28(20)35)16-25-30(4,5)22-15-18(31)12-13-23(22)32(25)6/h8-13,15-17H,7,14H2,1-6H3. The normalized spacial score (nSPS) is 22.3. The van der Waals surface area contributed by atoms with Gasteiger partial charge in [-0.3, -0.25) is 4.79 Å². The van der Waals surface area contributed by atoms with Crippen LogP contribution in [-0.4, -0.2) is 29.7 Å². The van der Waals surface area contributed by atoms with Gasteiger partial charge in [0.25, 0.3) is 0 Å². The van der Waals surface area contributed by atoms with E-state index in [1.807, 2.05) is 25.3 Å². The van der Waals surface area contributed by atoms with Gasteiger partial charge in [0.1, 0.15) is 7.05 Å². The number of fused-ring (bicyclic) bond motifs is 2. The maximum Gasteiger partial charge on any atom is 0.209 e. The number of para-hydroxylation sites is 1. The van der Waals surface area contributed by atoms with E-state index in [0.29, 0.717) is 0 Å². The first kappa shape index (κ1) is 23.8. The predicted octanol–water partition coefficient (Wildman–Crippen LogP) is 5.67. The van der Waals surface area contributed by atoms with Gasteiger partial charge < -0.3 is 10.0 Å². The van der Waals surface area contributed by atoms with E-state index in [-0.39, 0.29) is 33.5 Å². The summed E-state index contributed by atoms with van der Waals surface area (Å²) in [6.07, 6.45) is 4.62. The van der Waals surface area contributed by atoms with Crippen LogP contribution in [0.15, 0.2) is 81.7 Å². The van der Waals surface area contributed by atoms with Crippen LogP contribution in [0.5, 0.6) is 0 Å². The summed E-state index contributed by atoms with van der Waals surface area (Å²) < 4.78 is 3.10. The SMILES string of the molecule is CCCN1C(=CC2=C([O-])C(=CC3=[N+](C)c4ccc(Br)cc4C3(C)C)C2=O)C(C)(C)c2ccccc21. The molecular formula is C30H31BrN2O2. The lowest BCUT2D eigenvalue weighted by Gasteiger charge is -2.32. The second-order valence-corrected chi connectivity index (χ2v) is 11.6. The highest BCUT2D eigenvalue weighted by atomic mass is 79.9. The summed E-state index contributed by atoms with van der Waals surface area (Å²) in [5.74, 6) is -0.334. The van der Waals surface area contributed by atoms with Gasteiger partial charge in [-0.1, -0.05) is 60.7 Å². The summed E-state index contributed by atoms with van der Waals surface area (Å²) in [4.78, 5) is 15.6. The molecule has 0 N–H and O–H groups in total. The van der Waals surface area contributed by atoms with Gasteiger partial charge in [-0.05, 0) is 50.1 Å². The van der Waals surface area contributed by atoms with Crippen LogP contribution < -0.4 is 10.0 Å². The first-order chi connectivity index (χ1) is 16.5. The van der Waals surface area contributed by atoms with Gasteiger partial charge in [-0.2, -0.15) is 4.58 Å². The smallest absolute Gasteiger partial charge is 0.209 e. The van der Waals surface area contributed by atoms with E-state index in [1.165, 1.54) is 11.1 Å². The molecule has 0 radical (unpaired) electrons. The van der Waals surface area contributed by atoms with Gasteiger partial charge in [-0.25, -0.2) is 0 Å². The molecule has 0 saturated heterocycles. The quantitative estimate of drug-likeness (QED) is 0.377. The van der Waals surface area contributed by atoms with Crippen LogP contribution in [0.25, 0.3) is 0 Å². The highest BCUT2D eigenvalue weighted by molar-refractivity contribution is 9.10. The fraction of sp³-hybridized carbons (Fsp3) is 0.333. The Balaban J connectivity index is 1.56. The van der Waals surface area contributed by atoms with E-state index in [1.54, 1.807) is 6.08 Å².